The molecule has 5 rings (SSSR count). The van der Waals surface area contributed by atoms with Gasteiger partial charge in [-0.25, -0.2) is 4.98 Å². The number of rotatable bonds is 11. The Morgan fingerprint density at radius 2 is 2.15 bits per heavy atom. The second-order valence-corrected chi connectivity index (χ2v) is 13.7. The number of carbonyl (C=O) groups is 1. The van der Waals surface area contributed by atoms with Crippen LogP contribution in [0.25, 0.3) is 11.0 Å². The second-order valence-electron chi connectivity index (χ2n) is 12.0. The molecule has 0 radical (unpaired) electrons. The van der Waals surface area contributed by atoms with Gasteiger partial charge >= 0.3 is 5.97 Å². The van der Waals surface area contributed by atoms with Crippen molar-refractivity contribution in [2.45, 2.75) is 69.9 Å². The molecule has 2 aliphatic rings. The number of aliphatic hydroxyl groups is 1. The van der Waals surface area contributed by atoms with Crippen molar-refractivity contribution in [1.82, 2.24) is 33.7 Å². The maximum absolute atomic E-state index is 12.9. The van der Waals surface area contributed by atoms with Crippen LogP contribution in [0.2, 0.25) is 0 Å². The Morgan fingerprint density at radius 3 is 2.91 bits per heavy atom. The van der Waals surface area contributed by atoms with Gasteiger partial charge in [-0.05, 0) is 53.4 Å². The van der Waals surface area contributed by atoms with Crippen LogP contribution in [0, 0.1) is 18.8 Å². The Bertz CT molecular complexity index is 1730. The molecule has 0 aliphatic carbocycles. The molecule has 256 valence electrons. The van der Waals surface area contributed by atoms with Crippen LogP contribution < -0.4 is 16.2 Å². The first-order valence-corrected chi connectivity index (χ1v) is 17.2. The van der Waals surface area contributed by atoms with Gasteiger partial charge in [-0.2, -0.15) is 4.98 Å². The van der Waals surface area contributed by atoms with Crippen LogP contribution in [0.15, 0.2) is 23.4 Å². The molecule has 17 heteroatoms. The van der Waals surface area contributed by atoms with E-state index in [-0.39, 0.29) is 48.0 Å². The fourth-order valence-electron chi connectivity index (χ4n) is 5.96. The van der Waals surface area contributed by atoms with Crippen LogP contribution in [0.1, 0.15) is 56.1 Å². The summed E-state index contributed by atoms with van der Waals surface area (Å²) in [4.78, 5) is 53.1. The molecule has 2 fully saturated rings. The van der Waals surface area contributed by atoms with E-state index >= 15 is 0 Å². The maximum atomic E-state index is 12.9. The summed E-state index contributed by atoms with van der Waals surface area (Å²) >= 11 is 0. The number of hydrogen-bond donors (Lipinski definition) is 3. The molecule has 5 heterocycles. The van der Waals surface area contributed by atoms with Gasteiger partial charge in [0.1, 0.15) is 18.2 Å². The van der Waals surface area contributed by atoms with Crippen LogP contribution in [0.4, 0.5) is 5.95 Å². The van der Waals surface area contributed by atoms with Gasteiger partial charge < -0.3 is 44.1 Å². The fraction of sp³-hybridized carbons (Fsp3) is 0.600. The number of nitrogens with zero attached hydrogens (tertiary/aromatic N) is 6. The summed E-state index contributed by atoms with van der Waals surface area (Å²) < 4.78 is 31.6. The van der Waals surface area contributed by atoms with Gasteiger partial charge in [0.05, 0.1) is 36.7 Å². The highest BCUT2D eigenvalue weighted by Crippen LogP contribution is 2.41. The van der Waals surface area contributed by atoms with Gasteiger partial charge in [-0.3, -0.25) is 23.5 Å². The smallest absolute Gasteiger partial charge is 0.306 e. The summed E-state index contributed by atoms with van der Waals surface area (Å²) in [5, 5.41) is 10.8. The number of anilines is 1. The lowest BCUT2D eigenvalue weighted by Gasteiger charge is -2.27. The number of carbonyl (C=O) groups excluding carboxylic acids is 1. The standard InChI is InChI=1S/C30H43N8O8P/c1-20-32-11-14-38(20)47(42,43)45-19-24-23(39)16-25(46-24)37-17-21(27-28(37)33-30(31)34-29(27)41)8-4-5-10-26(40)44-15-6-9-22-18-35(2)12-7-13-36(22)3/h11,14,17,22-25,39H,5-7,9-10,12-13,15-16,18-19H2,1-3H3,(H,42,43)(H3,31,33,34,41)/p-1/t22?,23-,24-,25-/m1/s1. The molecule has 47 heavy (non-hydrogen) atoms. The highest BCUT2D eigenvalue weighted by atomic mass is 31.2. The number of nitrogens with one attached hydrogen (secondary N) is 1. The van der Waals surface area contributed by atoms with Crippen LogP contribution in [0.5, 0.6) is 0 Å². The lowest BCUT2D eigenvalue weighted by Crippen LogP contribution is -2.37. The van der Waals surface area contributed by atoms with Crippen molar-refractivity contribution in [3.8, 4) is 11.8 Å². The first-order valence-electron chi connectivity index (χ1n) is 15.7. The number of nitrogens with two attached hydrogens (primary N) is 1. The van der Waals surface area contributed by atoms with Crippen molar-refractivity contribution in [1.29, 1.82) is 0 Å². The number of hydrogen-bond acceptors (Lipinski definition) is 13. The summed E-state index contributed by atoms with van der Waals surface area (Å²) in [5.41, 5.74) is 5.82. The monoisotopic (exact) mass is 673 g/mol. The number of aromatic amines is 1. The normalized spacial score (nSPS) is 23.7. The summed E-state index contributed by atoms with van der Waals surface area (Å²) in [7, 11) is -0.245. The zero-order valence-corrected chi connectivity index (χ0v) is 27.7. The van der Waals surface area contributed by atoms with Gasteiger partial charge in [-0.1, -0.05) is 11.8 Å². The van der Waals surface area contributed by atoms with Crippen LogP contribution in [-0.4, -0.2) is 110 Å². The molecule has 3 aromatic rings. The summed E-state index contributed by atoms with van der Waals surface area (Å²) in [6.45, 7) is 4.58. The first kappa shape index (κ1) is 34.8. The van der Waals surface area contributed by atoms with Crippen molar-refractivity contribution >= 4 is 30.7 Å². The summed E-state index contributed by atoms with van der Waals surface area (Å²) in [6.07, 6.45) is 4.53. The van der Waals surface area contributed by atoms with Crippen molar-refractivity contribution < 1.29 is 33.4 Å². The molecule has 2 aliphatic heterocycles. The molecule has 0 aromatic carbocycles. The van der Waals surface area contributed by atoms with Crippen molar-refractivity contribution in [3.05, 3.63) is 40.3 Å². The first-order chi connectivity index (χ1) is 22.4. The molecule has 16 nitrogen and oxygen atoms in total. The van der Waals surface area contributed by atoms with Gasteiger partial charge in [0, 0.05) is 44.0 Å². The number of ether oxygens (including phenoxy) is 2. The molecule has 0 amide bonds. The Labute approximate surface area is 272 Å². The lowest BCUT2D eigenvalue weighted by atomic mass is 10.1. The van der Waals surface area contributed by atoms with Crippen molar-refractivity contribution in [2.24, 2.45) is 0 Å². The van der Waals surface area contributed by atoms with Gasteiger partial charge in [0.2, 0.25) is 13.7 Å². The zero-order valence-electron chi connectivity index (χ0n) is 26.8. The molecule has 0 spiro atoms. The quantitative estimate of drug-likeness (QED) is 0.110. The Morgan fingerprint density at radius 1 is 1.34 bits per heavy atom. The van der Waals surface area contributed by atoms with E-state index in [0.717, 1.165) is 43.2 Å². The third kappa shape index (κ3) is 8.49. The molecule has 4 N–H and O–H groups in total. The molecule has 2 saturated heterocycles. The largest absolute Gasteiger partial charge is 0.761 e. The van der Waals surface area contributed by atoms with E-state index in [9.17, 15) is 24.2 Å². The van der Waals surface area contributed by atoms with E-state index in [1.807, 2.05) is 0 Å². The third-order valence-electron chi connectivity index (χ3n) is 8.50. The van der Waals surface area contributed by atoms with Crippen LogP contribution >= 0.6 is 7.75 Å². The summed E-state index contributed by atoms with van der Waals surface area (Å²) in [6, 6.07) is 0.438. The van der Waals surface area contributed by atoms with Crippen molar-refractivity contribution in [3.63, 3.8) is 0 Å². The van der Waals surface area contributed by atoms with E-state index < -0.39 is 38.3 Å². The number of aromatic nitrogens is 5. The average molecular weight is 674 g/mol. The van der Waals surface area contributed by atoms with Gasteiger partial charge in [0.15, 0.2) is 5.65 Å². The topological polar surface area (TPSA) is 206 Å². The van der Waals surface area contributed by atoms with E-state index in [1.54, 1.807) is 6.20 Å². The number of esters is 1. The second kappa shape index (κ2) is 15.1. The minimum atomic E-state index is -4.52. The molecular weight excluding hydrogens is 631 g/mol. The highest BCUT2D eigenvalue weighted by molar-refractivity contribution is 7.49. The molecule has 0 saturated carbocycles. The molecular formula is C30H42N8O8P-. The van der Waals surface area contributed by atoms with Crippen molar-refractivity contribution in [2.75, 3.05) is 52.7 Å². The molecule has 3 aromatic heterocycles. The minimum absolute atomic E-state index is 0.0614. The Balaban J connectivity index is 1.18. The van der Waals surface area contributed by atoms with E-state index in [1.165, 1.54) is 23.9 Å². The Kier molecular flexibility index (Phi) is 11.2. The van der Waals surface area contributed by atoms with Gasteiger partial charge in [-0.15, -0.1) is 0 Å². The van der Waals surface area contributed by atoms with Crippen LogP contribution in [-0.2, 0) is 23.4 Å². The van der Waals surface area contributed by atoms with E-state index in [0.29, 0.717) is 18.2 Å². The number of nitrogen functional groups attached to an aromatic ring is 1. The minimum Gasteiger partial charge on any atom is -0.761 e. The SMILES string of the molecule is Cc1nccn1P(=O)([O-])OC[C@H]1O[C@@H](n2cc(C#CCCC(=O)OCCCC3CN(C)CCCN3C)c3c(=O)[nH]c(N)nc32)C[C@H]1O. The highest BCUT2D eigenvalue weighted by Gasteiger charge is 2.37. The molecule has 5 atom stereocenters. The Hall–Kier alpha value is -3.55. The molecule has 0 bridgehead atoms. The van der Waals surface area contributed by atoms with Crippen LogP contribution in [0.3, 0.4) is 0 Å². The fourth-order valence-corrected chi connectivity index (χ4v) is 7.05. The summed E-state index contributed by atoms with van der Waals surface area (Å²) in [5.74, 6) is 5.64. The number of imidazole rings is 1. The number of likely N-dealkylation sites (N-methyl/N-ethyl adjacent to an activating group) is 2. The van der Waals surface area contributed by atoms with E-state index in [2.05, 4.69) is 50.7 Å². The lowest BCUT2D eigenvalue weighted by molar-refractivity contribution is -0.205. The number of fused-ring (bicyclic) bond motifs is 1. The number of aryl methyl sites for hydroxylation is 1. The number of H-pyrrole nitrogens is 1. The predicted molar refractivity (Wildman–Crippen MR) is 170 cm³/mol. The number of aliphatic hydroxyl groups excluding tert-OH is 1. The zero-order chi connectivity index (χ0) is 33.7. The maximum Gasteiger partial charge on any atom is 0.306 e. The molecule has 2 unspecified atom stereocenters. The van der Waals surface area contributed by atoms with Gasteiger partial charge in [0.25, 0.3) is 5.56 Å². The predicted octanol–water partition coefficient (Wildman–Crippen LogP) is 0.584. The third-order valence-corrected chi connectivity index (χ3v) is 9.93. The van der Waals surface area contributed by atoms with E-state index in [4.69, 9.17) is 19.7 Å². The average Bonchev–Trinajstić information content (AvgIpc) is 3.69.